The summed E-state index contributed by atoms with van der Waals surface area (Å²) in [6.45, 7) is 1.32. The third-order valence-electron chi connectivity index (χ3n) is 4.99. The minimum Gasteiger partial charge on any atom is -0.337 e. The molecule has 0 saturated heterocycles. The Hall–Kier alpha value is -3.07. The van der Waals surface area contributed by atoms with E-state index in [1.807, 2.05) is 59.5 Å². The summed E-state index contributed by atoms with van der Waals surface area (Å²) in [6, 6.07) is 28.8. The zero-order valence-electron chi connectivity index (χ0n) is 14.6. The highest BCUT2D eigenvalue weighted by Gasteiger charge is 2.25. The van der Waals surface area contributed by atoms with Crippen LogP contribution in [0.1, 0.15) is 22.6 Å². The fourth-order valence-corrected chi connectivity index (χ4v) is 3.63. The molecule has 1 N–H and O–H groups in total. The fourth-order valence-electron chi connectivity index (χ4n) is 3.63. The van der Waals surface area contributed by atoms with Gasteiger partial charge in [0.05, 0.1) is 0 Å². The van der Waals surface area contributed by atoms with Crippen molar-refractivity contribution < 1.29 is 4.79 Å². The molecule has 130 valence electrons. The predicted octanol–water partition coefficient (Wildman–Crippen LogP) is 4.59. The first-order valence-corrected chi connectivity index (χ1v) is 9.06. The van der Waals surface area contributed by atoms with Crippen LogP contribution in [0.15, 0.2) is 84.9 Å². The Kier molecular flexibility index (Phi) is 4.69. The van der Waals surface area contributed by atoms with Crippen LogP contribution < -0.4 is 10.2 Å². The van der Waals surface area contributed by atoms with Crippen LogP contribution in [0.2, 0.25) is 0 Å². The van der Waals surface area contributed by atoms with Crippen LogP contribution in [0.25, 0.3) is 0 Å². The molecule has 3 aromatic carbocycles. The number of hydrogen-bond acceptors (Lipinski definition) is 1. The first kappa shape index (κ1) is 16.4. The lowest BCUT2D eigenvalue weighted by Crippen LogP contribution is -2.40. The van der Waals surface area contributed by atoms with E-state index in [1.54, 1.807) is 0 Å². The highest BCUT2D eigenvalue weighted by molar-refractivity contribution is 5.94. The molecule has 26 heavy (non-hydrogen) atoms. The standard InChI is InChI=1S/C23H22N2O/c26-23(25-16-15-20-13-7-8-14-22(20)25)24-17-21(18-9-3-1-4-10-18)19-11-5-2-6-12-19/h1-14,21H,15-17H2,(H,24,26). The minimum atomic E-state index is -0.0215. The molecule has 0 fully saturated rings. The maximum Gasteiger partial charge on any atom is 0.321 e. The largest absolute Gasteiger partial charge is 0.337 e. The van der Waals surface area contributed by atoms with Gasteiger partial charge in [0.25, 0.3) is 0 Å². The molecular formula is C23H22N2O. The summed E-state index contributed by atoms with van der Waals surface area (Å²) in [6.07, 6.45) is 0.921. The summed E-state index contributed by atoms with van der Waals surface area (Å²) in [4.78, 5) is 14.6. The van der Waals surface area contributed by atoms with E-state index >= 15 is 0 Å². The Labute approximate surface area is 154 Å². The zero-order valence-corrected chi connectivity index (χ0v) is 14.6. The monoisotopic (exact) mass is 342 g/mol. The van der Waals surface area contributed by atoms with Gasteiger partial charge < -0.3 is 5.32 Å². The van der Waals surface area contributed by atoms with Gasteiger partial charge in [-0.25, -0.2) is 4.79 Å². The molecular weight excluding hydrogens is 320 g/mol. The van der Waals surface area contributed by atoms with E-state index in [4.69, 9.17) is 0 Å². The molecule has 1 aliphatic rings. The molecule has 0 spiro atoms. The second-order valence-electron chi connectivity index (χ2n) is 6.59. The molecule has 0 aromatic heterocycles. The van der Waals surface area contributed by atoms with Crippen molar-refractivity contribution in [3.8, 4) is 0 Å². The Bertz CT molecular complexity index is 837. The summed E-state index contributed by atoms with van der Waals surface area (Å²) in [5.74, 6) is 0.138. The van der Waals surface area contributed by atoms with Gasteiger partial charge in [-0.05, 0) is 29.2 Å². The second-order valence-corrected chi connectivity index (χ2v) is 6.59. The predicted molar refractivity (Wildman–Crippen MR) is 106 cm³/mol. The number of fused-ring (bicyclic) bond motifs is 1. The average Bonchev–Trinajstić information content (AvgIpc) is 3.14. The molecule has 0 aliphatic carbocycles. The molecule has 1 aliphatic heterocycles. The Morgan fingerprint density at radius 2 is 1.42 bits per heavy atom. The first-order chi connectivity index (χ1) is 12.8. The van der Waals surface area contributed by atoms with Gasteiger partial charge in [-0.2, -0.15) is 0 Å². The molecule has 0 saturated carbocycles. The maximum atomic E-state index is 12.8. The molecule has 1 heterocycles. The molecule has 3 aromatic rings. The van der Waals surface area contributed by atoms with Gasteiger partial charge >= 0.3 is 6.03 Å². The van der Waals surface area contributed by atoms with Crippen LogP contribution in [0, 0.1) is 0 Å². The lowest BCUT2D eigenvalue weighted by atomic mass is 9.91. The van der Waals surface area contributed by atoms with Crippen LogP contribution in [-0.2, 0) is 6.42 Å². The molecule has 0 radical (unpaired) electrons. The van der Waals surface area contributed by atoms with Crippen molar-refractivity contribution in [3.63, 3.8) is 0 Å². The SMILES string of the molecule is O=C(NCC(c1ccccc1)c1ccccc1)N1CCc2ccccc21. The molecule has 4 rings (SSSR count). The third kappa shape index (κ3) is 3.33. The van der Waals surface area contributed by atoms with Gasteiger partial charge in [0, 0.05) is 24.7 Å². The lowest BCUT2D eigenvalue weighted by Gasteiger charge is -2.22. The van der Waals surface area contributed by atoms with Gasteiger partial charge in [0.15, 0.2) is 0 Å². The normalized spacial score (nSPS) is 12.9. The van der Waals surface area contributed by atoms with Crippen LogP contribution in [0.3, 0.4) is 0 Å². The summed E-state index contributed by atoms with van der Waals surface area (Å²) in [5, 5.41) is 3.15. The quantitative estimate of drug-likeness (QED) is 0.739. The van der Waals surface area contributed by atoms with Crippen molar-refractivity contribution in [2.75, 3.05) is 18.0 Å². The fraction of sp³-hybridized carbons (Fsp3) is 0.174. The first-order valence-electron chi connectivity index (χ1n) is 9.06. The van der Waals surface area contributed by atoms with Gasteiger partial charge in [0.1, 0.15) is 0 Å². The highest BCUT2D eigenvalue weighted by atomic mass is 16.2. The number of amides is 2. The number of urea groups is 1. The second kappa shape index (κ2) is 7.44. The number of carbonyl (C=O) groups excluding carboxylic acids is 1. The molecule has 0 bridgehead atoms. The Morgan fingerprint density at radius 1 is 0.846 bits per heavy atom. The highest BCUT2D eigenvalue weighted by Crippen LogP contribution is 2.28. The number of nitrogens with one attached hydrogen (secondary N) is 1. The van der Waals surface area contributed by atoms with Gasteiger partial charge in [-0.15, -0.1) is 0 Å². The van der Waals surface area contributed by atoms with Crippen molar-refractivity contribution in [1.82, 2.24) is 5.32 Å². The zero-order chi connectivity index (χ0) is 17.8. The molecule has 0 unspecified atom stereocenters. The Balaban J connectivity index is 1.51. The number of anilines is 1. The third-order valence-corrected chi connectivity index (χ3v) is 4.99. The summed E-state index contributed by atoms with van der Waals surface area (Å²) >= 11 is 0. The van der Waals surface area contributed by atoms with Crippen molar-refractivity contribution >= 4 is 11.7 Å². The maximum absolute atomic E-state index is 12.8. The number of nitrogens with zero attached hydrogens (tertiary/aromatic N) is 1. The summed E-state index contributed by atoms with van der Waals surface area (Å²) in [5.41, 5.74) is 4.69. The van der Waals surface area contributed by atoms with Crippen LogP contribution in [-0.4, -0.2) is 19.1 Å². The number of hydrogen-bond donors (Lipinski definition) is 1. The average molecular weight is 342 g/mol. The van der Waals surface area contributed by atoms with E-state index in [-0.39, 0.29) is 11.9 Å². The van der Waals surface area contributed by atoms with E-state index in [1.165, 1.54) is 16.7 Å². The van der Waals surface area contributed by atoms with E-state index in [9.17, 15) is 4.79 Å². The van der Waals surface area contributed by atoms with E-state index in [0.29, 0.717) is 6.54 Å². The van der Waals surface area contributed by atoms with Crippen LogP contribution in [0.4, 0.5) is 10.5 Å². The molecule has 3 heteroatoms. The van der Waals surface area contributed by atoms with Gasteiger partial charge in [-0.1, -0.05) is 78.9 Å². The lowest BCUT2D eigenvalue weighted by molar-refractivity contribution is 0.246. The number of benzene rings is 3. The number of para-hydroxylation sites is 1. The van der Waals surface area contributed by atoms with E-state index in [2.05, 4.69) is 35.6 Å². The van der Waals surface area contributed by atoms with Gasteiger partial charge in [-0.3, -0.25) is 4.90 Å². The Morgan fingerprint density at radius 3 is 2.08 bits per heavy atom. The smallest absolute Gasteiger partial charge is 0.321 e. The minimum absolute atomic E-state index is 0.0215. The van der Waals surface area contributed by atoms with Gasteiger partial charge in [0.2, 0.25) is 0 Å². The summed E-state index contributed by atoms with van der Waals surface area (Å²) < 4.78 is 0. The topological polar surface area (TPSA) is 32.3 Å². The number of carbonyl (C=O) groups is 1. The van der Waals surface area contributed by atoms with E-state index in [0.717, 1.165) is 18.7 Å². The van der Waals surface area contributed by atoms with Crippen molar-refractivity contribution in [1.29, 1.82) is 0 Å². The molecule has 2 amide bonds. The van der Waals surface area contributed by atoms with Crippen LogP contribution in [0.5, 0.6) is 0 Å². The van der Waals surface area contributed by atoms with Crippen molar-refractivity contribution in [2.45, 2.75) is 12.3 Å². The van der Waals surface area contributed by atoms with Crippen molar-refractivity contribution in [2.24, 2.45) is 0 Å². The molecule has 0 atom stereocenters. The number of rotatable bonds is 4. The van der Waals surface area contributed by atoms with Crippen LogP contribution >= 0.6 is 0 Å². The molecule has 3 nitrogen and oxygen atoms in total. The van der Waals surface area contributed by atoms with E-state index < -0.39 is 0 Å². The summed E-state index contributed by atoms with van der Waals surface area (Å²) in [7, 11) is 0. The van der Waals surface area contributed by atoms with Crippen molar-refractivity contribution in [3.05, 3.63) is 102 Å².